The first-order valence-electron chi connectivity index (χ1n) is 7.59. The minimum absolute atomic E-state index is 0.279. The summed E-state index contributed by atoms with van der Waals surface area (Å²) in [7, 11) is 0. The number of hydrogen-bond acceptors (Lipinski definition) is 2. The number of aryl methyl sites for hydroxylation is 1. The first-order chi connectivity index (χ1) is 10.2. The monoisotopic (exact) mass is 299 g/mol. The van der Waals surface area contributed by atoms with Gasteiger partial charge in [0, 0.05) is 5.25 Å². The number of nitrogens with one attached hydrogen (secondary N) is 1. The Kier molecular flexibility index (Phi) is 6.34. The summed E-state index contributed by atoms with van der Waals surface area (Å²) in [5.74, 6) is 0. The van der Waals surface area contributed by atoms with E-state index in [1.165, 1.54) is 23.1 Å². The van der Waals surface area contributed by atoms with Crippen LogP contribution >= 0.6 is 11.8 Å². The molecule has 0 saturated carbocycles. The van der Waals surface area contributed by atoms with Crippen LogP contribution in [-0.2, 0) is 0 Å². The second kappa shape index (κ2) is 8.26. The van der Waals surface area contributed by atoms with Gasteiger partial charge in [-0.1, -0.05) is 61.5 Å². The van der Waals surface area contributed by atoms with Crippen LogP contribution in [-0.4, -0.2) is 18.1 Å². The molecule has 2 unspecified atom stereocenters. The summed E-state index contributed by atoms with van der Waals surface area (Å²) in [5, 5.41) is 4.44. The number of rotatable bonds is 7. The molecule has 0 bridgehead atoms. The van der Waals surface area contributed by atoms with E-state index in [1.54, 1.807) is 0 Å². The molecule has 0 fully saturated rings. The van der Waals surface area contributed by atoms with Gasteiger partial charge in [0.2, 0.25) is 0 Å². The van der Waals surface area contributed by atoms with E-state index in [1.807, 2.05) is 11.8 Å². The topological polar surface area (TPSA) is 12.0 Å². The molecule has 112 valence electrons. The van der Waals surface area contributed by atoms with Gasteiger partial charge in [-0.15, -0.1) is 0 Å². The van der Waals surface area contributed by atoms with Crippen molar-refractivity contribution < 1.29 is 0 Å². The fraction of sp³-hybridized carbons (Fsp3) is 0.368. The Morgan fingerprint density at radius 3 is 2.33 bits per heavy atom. The second-order valence-electron chi connectivity index (χ2n) is 5.49. The zero-order valence-electron chi connectivity index (χ0n) is 13.2. The molecule has 0 radical (unpaired) electrons. The highest BCUT2D eigenvalue weighted by Crippen LogP contribution is 2.25. The molecule has 0 heterocycles. The maximum Gasteiger partial charge on any atom is 0.0579 e. The van der Waals surface area contributed by atoms with Crippen LogP contribution in [0.1, 0.15) is 36.1 Å². The minimum atomic E-state index is 0.279. The Labute approximate surface area is 133 Å². The summed E-state index contributed by atoms with van der Waals surface area (Å²) in [4.78, 5) is 0. The van der Waals surface area contributed by atoms with Crippen molar-refractivity contribution in [2.75, 3.05) is 12.8 Å². The van der Waals surface area contributed by atoms with Crippen LogP contribution < -0.4 is 5.32 Å². The second-order valence-corrected chi connectivity index (χ2v) is 6.77. The molecule has 0 aliphatic heterocycles. The molecule has 2 aromatic rings. The summed E-state index contributed by atoms with van der Waals surface area (Å²) in [5.41, 5.74) is 4.06. The molecule has 2 rings (SSSR count). The fourth-order valence-corrected chi connectivity index (χ4v) is 2.87. The van der Waals surface area contributed by atoms with Gasteiger partial charge in [-0.05, 0) is 42.8 Å². The van der Waals surface area contributed by atoms with E-state index in [4.69, 9.17) is 0 Å². The van der Waals surface area contributed by atoms with E-state index in [2.05, 4.69) is 80.0 Å². The van der Waals surface area contributed by atoms with Crippen molar-refractivity contribution in [3.63, 3.8) is 0 Å². The van der Waals surface area contributed by atoms with Crippen LogP contribution in [0.15, 0.2) is 54.6 Å². The lowest BCUT2D eigenvalue weighted by Gasteiger charge is -2.22. The molecule has 21 heavy (non-hydrogen) atoms. The molecular formula is C19H25NS. The predicted octanol–water partition coefficient (Wildman–Crippen LogP) is 4.82. The van der Waals surface area contributed by atoms with E-state index >= 15 is 0 Å². The average molecular weight is 299 g/mol. The van der Waals surface area contributed by atoms with Crippen LogP contribution in [0, 0.1) is 6.92 Å². The lowest BCUT2D eigenvalue weighted by atomic mass is 9.95. The van der Waals surface area contributed by atoms with Crippen molar-refractivity contribution in [1.82, 2.24) is 5.32 Å². The van der Waals surface area contributed by atoms with Crippen LogP contribution in [0.4, 0.5) is 0 Å². The predicted molar refractivity (Wildman–Crippen MR) is 95.1 cm³/mol. The first kappa shape index (κ1) is 16.1. The lowest BCUT2D eigenvalue weighted by Crippen LogP contribution is -2.25. The van der Waals surface area contributed by atoms with E-state index in [-0.39, 0.29) is 6.04 Å². The number of benzene rings is 2. The molecule has 0 aromatic heterocycles. The third-order valence-corrected chi connectivity index (χ3v) is 4.97. The normalized spacial score (nSPS) is 13.9. The lowest BCUT2D eigenvalue weighted by molar-refractivity contribution is 0.581. The van der Waals surface area contributed by atoms with Crippen molar-refractivity contribution >= 4 is 11.8 Å². The zero-order valence-corrected chi connectivity index (χ0v) is 14.0. The zero-order chi connectivity index (χ0) is 15.1. The third kappa shape index (κ3) is 4.62. The van der Waals surface area contributed by atoms with E-state index in [9.17, 15) is 0 Å². The van der Waals surface area contributed by atoms with Gasteiger partial charge >= 0.3 is 0 Å². The smallest absolute Gasteiger partial charge is 0.0579 e. The summed E-state index contributed by atoms with van der Waals surface area (Å²) in [6.07, 6.45) is 3.37. The summed E-state index contributed by atoms with van der Waals surface area (Å²) in [6, 6.07) is 19.7. The van der Waals surface area contributed by atoms with Gasteiger partial charge in [0.05, 0.1) is 6.04 Å². The number of hydrogen-bond donors (Lipinski definition) is 1. The Hall–Kier alpha value is -1.25. The van der Waals surface area contributed by atoms with Crippen molar-refractivity contribution in [2.24, 2.45) is 0 Å². The van der Waals surface area contributed by atoms with Crippen molar-refractivity contribution in [3.05, 3.63) is 71.3 Å². The molecule has 2 atom stereocenters. The summed E-state index contributed by atoms with van der Waals surface area (Å²) >= 11 is 1.93. The average Bonchev–Trinajstić information content (AvgIpc) is 2.53. The Morgan fingerprint density at radius 1 is 1.00 bits per heavy atom. The van der Waals surface area contributed by atoms with Crippen LogP contribution in [0.5, 0.6) is 0 Å². The third-order valence-electron chi connectivity index (χ3n) is 3.93. The van der Waals surface area contributed by atoms with Gasteiger partial charge in [0.25, 0.3) is 0 Å². The van der Waals surface area contributed by atoms with Gasteiger partial charge in [-0.2, -0.15) is 11.8 Å². The van der Waals surface area contributed by atoms with E-state index in [0.717, 1.165) is 6.54 Å². The Morgan fingerprint density at radius 2 is 1.67 bits per heavy atom. The first-order valence-corrected chi connectivity index (χ1v) is 8.88. The summed E-state index contributed by atoms with van der Waals surface area (Å²) < 4.78 is 0. The van der Waals surface area contributed by atoms with E-state index in [0.29, 0.717) is 5.25 Å². The van der Waals surface area contributed by atoms with Gasteiger partial charge in [-0.3, -0.25) is 0 Å². The van der Waals surface area contributed by atoms with Gasteiger partial charge < -0.3 is 5.32 Å². The highest BCUT2D eigenvalue weighted by Gasteiger charge is 2.15. The van der Waals surface area contributed by atoms with Gasteiger partial charge in [0.15, 0.2) is 0 Å². The molecule has 1 N–H and O–H groups in total. The highest BCUT2D eigenvalue weighted by atomic mass is 32.2. The molecule has 0 aliphatic carbocycles. The van der Waals surface area contributed by atoms with Crippen molar-refractivity contribution in [2.45, 2.75) is 31.6 Å². The quantitative estimate of drug-likeness (QED) is 0.787. The van der Waals surface area contributed by atoms with Crippen LogP contribution in [0.25, 0.3) is 0 Å². The maximum absolute atomic E-state index is 3.75. The molecule has 0 aliphatic rings. The SMILES string of the molecule is CSC(C)CCNC(c1ccccc1)c1ccccc1C. The molecule has 2 heteroatoms. The molecule has 0 saturated heterocycles. The fourth-order valence-electron chi connectivity index (χ4n) is 2.51. The Bertz CT molecular complexity index is 538. The van der Waals surface area contributed by atoms with Crippen molar-refractivity contribution in [3.8, 4) is 0 Å². The molecule has 0 spiro atoms. The van der Waals surface area contributed by atoms with Gasteiger partial charge in [-0.25, -0.2) is 0 Å². The van der Waals surface area contributed by atoms with Crippen molar-refractivity contribution in [1.29, 1.82) is 0 Å². The van der Waals surface area contributed by atoms with Crippen LogP contribution in [0.2, 0.25) is 0 Å². The van der Waals surface area contributed by atoms with Crippen LogP contribution in [0.3, 0.4) is 0 Å². The van der Waals surface area contributed by atoms with E-state index < -0.39 is 0 Å². The molecule has 2 aromatic carbocycles. The largest absolute Gasteiger partial charge is 0.306 e. The molecule has 1 nitrogen and oxygen atoms in total. The minimum Gasteiger partial charge on any atom is -0.306 e. The highest BCUT2D eigenvalue weighted by molar-refractivity contribution is 7.99. The Balaban J connectivity index is 2.18. The summed E-state index contributed by atoms with van der Waals surface area (Å²) in [6.45, 7) is 5.52. The molecular weight excluding hydrogens is 274 g/mol. The number of thioether (sulfide) groups is 1. The van der Waals surface area contributed by atoms with Gasteiger partial charge in [0.1, 0.15) is 0 Å². The maximum atomic E-state index is 3.75. The molecule has 0 amide bonds. The standard InChI is InChI=1S/C19H25NS/c1-15-9-7-8-12-18(15)19(17-10-5-4-6-11-17)20-14-13-16(2)21-3/h4-12,16,19-20H,13-14H2,1-3H3.